The van der Waals surface area contributed by atoms with Gasteiger partial charge in [0.05, 0.1) is 32.3 Å². The highest BCUT2D eigenvalue weighted by atomic mass is 16.6. The number of rotatable bonds is 1. The molecule has 5 heterocycles. The van der Waals surface area contributed by atoms with Gasteiger partial charge in [-0.25, -0.2) is 0 Å². The first kappa shape index (κ1) is 24.1. The molecule has 0 aromatic rings. The van der Waals surface area contributed by atoms with Gasteiger partial charge in [-0.3, -0.25) is 9.59 Å². The highest BCUT2D eigenvalue weighted by Crippen LogP contribution is 2.78. The van der Waals surface area contributed by atoms with Gasteiger partial charge in [0.25, 0.3) is 0 Å². The molecule has 1 saturated carbocycles. The Bertz CT molecular complexity index is 1210. The van der Waals surface area contributed by atoms with E-state index in [4.69, 9.17) is 14.2 Å². The number of carbonyl (C=O) groups excluding carboxylic acids is 2. The molecule has 0 aromatic heterocycles. The minimum atomic E-state index is -1.54. The van der Waals surface area contributed by atoms with Crippen LogP contribution in [0.1, 0.15) is 59.3 Å². The maximum absolute atomic E-state index is 13.5. The lowest BCUT2D eigenvalue weighted by Crippen LogP contribution is -2.71. The zero-order valence-electron chi connectivity index (χ0n) is 22.6. The first-order valence-corrected chi connectivity index (χ1v) is 14.6. The molecular weight excluding hydrogens is 486 g/mol. The monoisotopic (exact) mass is 525 g/mol. The van der Waals surface area contributed by atoms with Crippen LogP contribution in [-0.2, 0) is 23.8 Å². The summed E-state index contributed by atoms with van der Waals surface area (Å²) in [5.41, 5.74) is -0.124. The average molecular weight is 526 g/mol. The number of nitrogens with zero attached hydrogens (tertiary/aromatic N) is 1. The lowest BCUT2D eigenvalue weighted by atomic mass is 9.37. The number of ether oxygens (including phenoxy) is 3. The molecular formula is C30H39NO7. The van der Waals surface area contributed by atoms with Crippen molar-refractivity contribution in [3.05, 3.63) is 23.4 Å². The van der Waals surface area contributed by atoms with Gasteiger partial charge >= 0.3 is 5.97 Å². The third-order valence-corrected chi connectivity index (χ3v) is 12.7. The number of carbonyl (C=O) groups is 2. The maximum atomic E-state index is 13.5. The quantitative estimate of drug-likeness (QED) is 0.504. The van der Waals surface area contributed by atoms with Crippen molar-refractivity contribution in [2.45, 2.75) is 76.9 Å². The van der Waals surface area contributed by atoms with E-state index >= 15 is 0 Å². The largest absolute Gasteiger partial charge is 0.465 e. The number of piperidine rings is 1. The van der Waals surface area contributed by atoms with Crippen molar-refractivity contribution < 1.29 is 34.0 Å². The summed E-state index contributed by atoms with van der Waals surface area (Å²) in [6.07, 6.45) is 8.72. The summed E-state index contributed by atoms with van der Waals surface area (Å²) < 4.78 is 19.0. The van der Waals surface area contributed by atoms with Gasteiger partial charge in [0.1, 0.15) is 5.72 Å². The molecule has 3 aliphatic carbocycles. The van der Waals surface area contributed by atoms with E-state index < -0.39 is 33.9 Å². The first-order chi connectivity index (χ1) is 18.0. The van der Waals surface area contributed by atoms with Crippen LogP contribution in [0.2, 0.25) is 0 Å². The van der Waals surface area contributed by atoms with Gasteiger partial charge in [0.15, 0.2) is 11.6 Å². The summed E-state index contributed by atoms with van der Waals surface area (Å²) in [5, 5.41) is 22.6. The standard InChI is InChI=1S/C30H39NO7/c1-16-6-19-12-31-22-10-27-14-37-30(35,17(2)24-20(27)7-18(13-32)8-21(24)33)25(27)28(11-23(34)36-15-28)26(22,3)4-5-29(31,9-16)38-19/h8,10,16-17,19-20,24-25,32,35H,4-7,9,11-15H2,1-3H3/t16-,17+,19+,20+,24-,25-,26+,27+,28+,29?,30-/m0/s1. The van der Waals surface area contributed by atoms with Crippen molar-refractivity contribution in [2.24, 2.45) is 45.8 Å². The summed E-state index contributed by atoms with van der Waals surface area (Å²) in [6.45, 7) is 7.74. The van der Waals surface area contributed by atoms with Crippen LogP contribution < -0.4 is 0 Å². The number of ketones is 1. The summed E-state index contributed by atoms with van der Waals surface area (Å²) in [6, 6.07) is 0. The summed E-state index contributed by atoms with van der Waals surface area (Å²) in [4.78, 5) is 29.1. The second kappa shape index (κ2) is 7.12. The predicted molar refractivity (Wildman–Crippen MR) is 134 cm³/mol. The Hall–Kier alpha value is -1.74. The number of hydrogen-bond acceptors (Lipinski definition) is 8. The smallest absolute Gasteiger partial charge is 0.306 e. The van der Waals surface area contributed by atoms with Crippen molar-refractivity contribution in [3.63, 3.8) is 0 Å². The zero-order chi connectivity index (χ0) is 26.5. The minimum Gasteiger partial charge on any atom is -0.465 e. The van der Waals surface area contributed by atoms with Gasteiger partial charge in [0.2, 0.25) is 0 Å². The molecule has 4 bridgehead atoms. The molecule has 11 atom stereocenters. The fraction of sp³-hybridized carbons (Fsp3) is 0.800. The van der Waals surface area contributed by atoms with E-state index in [1.807, 2.05) is 6.92 Å². The molecule has 2 spiro atoms. The van der Waals surface area contributed by atoms with E-state index in [0.717, 1.165) is 37.8 Å². The lowest BCUT2D eigenvalue weighted by Gasteiger charge is -2.68. The van der Waals surface area contributed by atoms with Crippen molar-refractivity contribution in [2.75, 3.05) is 26.4 Å². The zero-order valence-corrected chi connectivity index (χ0v) is 22.6. The van der Waals surface area contributed by atoms with Gasteiger partial charge in [-0.15, -0.1) is 0 Å². The van der Waals surface area contributed by atoms with E-state index in [1.54, 1.807) is 6.08 Å². The highest BCUT2D eigenvalue weighted by Gasteiger charge is 2.81. The maximum Gasteiger partial charge on any atom is 0.306 e. The molecule has 5 aliphatic heterocycles. The van der Waals surface area contributed by atoms with Crippen LogP contribution in [0.5, 0.6) is 0 Å². The average Bonchev–Trinajstić information content (AvgIpc) is 3.48. The van der Waals surface area contributed by atoms with E-state index in [0.29, 0.717) is 18.9 Å². The SMILES string of the molecule is C[C@H]1C[C@@H]2CN3C4=C[C@@]56CO[C@@](O)([C@H](C)[C@@H]7C(=O)C=C(CO)C[C@H]75)[C@@H]6[C@@]5(COC(=O)C5)[C@]4(C)CCC3(C1)O2. The van der Waals surface area contributed by atoms with Gasteiger partial charge < -0.3 is 29.3 Å². The minimum absolute atomic E-state index is 0.0339. The molecule has 8 nitrogen and oxygen atoms in total. The Morgan fingerprint density at radius 2 is 2.00 bits per heavy atom. The number of cyclic esters (lactones) is 1. The predicted octanol–water partition coefficient (Wildman–Crippen LogP) is 2.54. The lowest BCUT2D eigenvalue weighted by molar-refractivity contribution is -0.293. The number of esters is 1. The topological polar surface area (TPSA) is 106 Å². The third-order valence-electron chi connectivity index (χ3n) is 12.7. The van der Waals surface area contributed by atoms with Crippen LogP contribution in [0, 0.1) is 45.8 Å². The van der Waals surface area contributed by atoms with Crippen molar-refractivity contribution >= 4 is 11.8 Å². The summed E-state index contributed by atoms with van der Waals surface area (Å²) in [7, 11) is 0. The van der Waals surface area contributed by atoms with Gasteiger partial charge in [0, 0.05) is 46.2 Å². The molecule has 0 aromatic carbocycles. The first-order valence-electron chi connectivity index (χ1n) is 14.6. The number of aliphatic hydroxyl groups is 2. The second-order valence-electron chi connectivity index (χ2n) is 14.3. The van der Waals surface area contributed by atoms with Crippen LogP contribution in [0.15, 0.2) is 23.4 Å². The molecule has 0 amide bonds. The second-order valence-corrected chi connectivity index (χ2v) is 14.3. The molecule has 8 heteroatoms. The molecule has 6 fully saturated rings. The number of hydrogen-bond donors (Lipinski definition) is 2. The van der Waals surface area contributed by atoms with Crippen molar-refractivity contribution in [1.29, 1.82) is 0 Å². The van der Waals surface area contributed by atoms with E-state index in [2.05, 4.69) is 24.8 Å². The van der Waals surface area contributed by atoms with E-state index in [9.17, 15) is 19.8 Å². The van der Waals surface area contributed by atoms with Gasteiger partial charge in [-0.05, 0) is 55.6 Å². The molecule has 38 heavy (non-hydrogen) atoms. The van der Waals surface area contributed by atoms with Crippen LogP contribution in [-0.4, -0.2) is 70.8 Å². The van der Waals surface area contributed by atoms with E-state index in [1.165, 1.54) is 5.70 Å². The molecule has 5 saturated heterocycles. The van der Waals surface area contributed by atoms with Crippen LogP contribution in [0.25, 0.3) is 0 Å². The number of allylic oxidation sites excluding steroid dienone is 2. The molecule has 8 rings (SSSR count). The Morgan fingerprint density at radius 3 is 2.74 bits per heavy atom. The van der Waals surface area contributed by atoms with Crippen LogP contribution >= 0.6 is 0 Å². The summed E-state index contributed by atoms with van der Waals surface area (Å²) in [5.74, 6) is -2.58. The molecule has 0 radical (unpaired) electrons. The Kier molecular flexibility index (Phi) is 4.51. The van der Waals surface area contributed by atoms with Crippen LogP contribution in [0.4, 0.5) is 0 Å². The molecule has 1 unspecified atom stereocenters. The third kappa shape index (κ3) is 2.49. The highest BCUT2D eigenvalue weighted by molar-refractivity contribution is 5.94. The number of aliphatic hydroxyl groups excluding tert-OH is 1. The normalized spacial score (nSPS) is 56.1. The molecule has 206 valence electrons. The fourth-order valence-electron chi connectivity index (χ4n) is 11.1. The van der Waals surface area contributed by atoms with Crippen LogP contribution in [0.3, 0.4) is 0 Å². The van der Waals surface area contributed by atoms with Gasteiger partial charge in [-0.2, -0.15) is 0 Å². The van der Waals surface area contributed by atoms with Gasteiger partial charge in [-0.1, -0.05) is 26.8 Å². The fourth-order valence-corrected chi connectivity index (χ4v) is 11.1. The Morgan fingerprint density at radius 1 is 1.18 bits per heavy atom. The molecule has 2 N–H and O–H groups in total. The number of fused-ring (bicyclic) bond motifs is 5. The Balaban J connectivity index is 1.39. The van der Waals surface area contributed by atoms with Crippen molar-refractivity contribution in [3.8, 4) is 0 Å². The van der Waals surface area contributed by atoms with E-state index in [-0.39, 0.29) is 55.1 Å². The Labute approximate surface area is 223 Å². The summed E-state index contributed by atoms with van der Waals surface area (Å²) >= 11 is 0. The molecule has 8 aliphatic rings. The van der Waals surface area contributed by atoms with Crippen molar-refractivity contribution in [1.82, 2.24) is 4.90 Å².